The average Bonchev–Trinajstić information content (AvgIpc) is 2.88. The molecule has 0 aromatic heterocycles. The second-order valence-corrected chi connectivity index (χ2v) is 3.96. The smallest absolute Gasteiger partial charge is 0.548 e. The van der Waals surface area contributed by atoms with Gasteiger partial charge in [0.25, 0.3) is 0 Å². The molecule has 2 N–H and O–H groups in total. The second kappa shape index (κ2) is 8.59. The molecule has 0 aromatic rings. The normalized spacial score (nSPS) is 24.4. The number of amides is 2. The van der Waals surface area contributed by atoms with E-state index >= 15 is 0 Å². The summed E-state index contributed by atoms with van der Waals surface area (Å²) in [6.07, 6.45) is 1.33. The van der Waals surface area contributed by atoms with Crippen LogP contribution < -0.4 is 20.8 Å². The van der Waals surface area contributed by atoms with Crippen molar-refractivity contribution in [2.75, 3.05) is 0 Å². The fourth-order valence-electron chi connectivity index (χ4n) is 1.58. The van der Waals surface area contributed by atoms with E-state index < -0.39 is 24.0 Å². The van der Waals surface area contributed by atoms with Gasteiger partial charge in [0.05, 0.1) is 24.0 Å². The third kappa shape index (κ3) is 6.43. The molecule has 0 aliphatic carbocycles. The van der Waals surface area contributed by atoms with E-state index in [1.54, 1.807) is 0 Å². The molecule has 2 amide bonds. The molecule has 2 saturated heterocycles. The fraction of sp³-hybridized carbons (Fsp3) is 0.600. The van der Waals surface area contributed by atoms with Crippen LogP contribution in [0.1, 0.15) is 25.7 Å². The molecule has 2 fully saturated rings. The molecule has 8 nitrogen and oxygen atoms in total. The van der Waals surface area contributed by atoms with Crippen LogP contribution in [0.5, 0.6) is 0 Å². The number of hydrogen-bond donors (Lipinski definition) is 2. The summed E-state index contributed by atoms with van der Waals surface area (Å²) in [5.41, 5.74) is 0. The van der Waals surface area contributed by atoms with Gasteiger partial charge in [0.1, 0.15) is 0 Å². The zero-order chi connectivity index (χ0) is 13.7. The molecule has 2 atom stereocenters. The Balaban J connectivity index is 0.000000324. The Kier molecular flexibility index (Phi) is 8.34. The Morgan fingerprint density at radius 2 is 1.21 bits per heavy atom. The van der Waals surface area contributed by atoms with E-state index in [2.05, 4.69) is 10.6 Å². The molecular formula is C10H12BaN2O6. The number of hydrogen-bond acceptors (Lipinski definition) is 6. The molecule has 0 saturated carbocycles. The molecule has 100 valence electrons. The van der Waals surface area contributed by atoms with Crippen molar-refractivity contribution in [3.8, 4) is 0 Å². The number of rotatable bonds is 2. The number of carbonyl (C=O) groups excluding carboxylic acids is 4. The summed E-state index contributed by atoms with van der Waals surface area (Å²) in [4.78, 5) is 40.8. The van der Waals surface area contributed by atoms with Crippen molar-refractivity contribution in [2.24, 2.45) is 0 Å². The minimum absolute atomic E-state index is 0. The number of aliphatic carboxylic acids is 2. The summed E-state index contributed by atoms with van der Waals surface area (Å²) < 4.78 is 0. The van der Waals surface area contributed by atoms with Crippen LogP contribution >= 0.6 is 0 Å². The van der Waals surface area contributed by atoms with Crippen LogP contribution in [0.3, 0.4) is 0 Å². The van der Waals surface area contributed by atoms with Crippen LogP contribution in [0.25, 0.3) is 0 Å². The quantitative estimate of drug-likeness (QED) is 0.455. The number of nitrogens with one attached hydrogen (secondary N) is 2. The Hall–Kier alpha value is -0.549. The molecule has 2 aliphatic heterocycles. The summed E-state index contributed by atoms with van der Waals surface area (Å²) in [6.45, 7) is 0. The zero-order valence-electron chi connectivity index (χ0n) is 10.1. The number of carboxylic acids is 2. The Morgan fingerprint density at radius 3 is 1.32 bits per heavy atom. The van der Waals surface area contributed by atoms with E-state index in [0.29, 0.717) is 25.7 Å². The van der Waals surface area contributed by atoms with Crippen molar-refractivity contribution in [3.63, 3.8) is 0 Å². The minimum atomic E-state index is -1.19. The molecule has 2 unspecified atom stereocenters. The summed E-state index contributed by atoms with van der Waals surface area (Å²) in [7, 11) is 0. The van der Waals surface area contributed by atoms with Gasteiger partial charge in [0.2, 0.25) is 11.8 Å². The SMILES string of the molecule is O=C1CCC(C(=O)[O-])N1.O=C1CCC(C(=O)[O-])N1.[Ba+2]. The molecule has 2 heterocycles. The molecule has 0 aromatic carbocycles. The maximum atomic E-state index is 10.4. The van der Waals surface area contributed by atoms with Crippen LogP contribution in [0.2, 0.25) is 0 Å². The molecular weight excluding hydrogens is 381 g/mol. The van der Waals surface area contributed by atoms with Crippen molar-refractivity contribution >= 4 is 72.6 Å². The predicted molar refractivity (Wildman–Crippen MR) is 58.1 cm³/mol. The zero-order valence-corrected chi connectivity index (χ0v) is 14.6. The van der Waals surface area contributed by atoms with E-state index in [9.17, 15) is 29.4 Å². The van der Waals surface area contributed by atoms with Gasteiger partial charge < -0.3 is 30.4 Å². The molecule has 0 spiro atoms. The Labute approximate surface area is 149 Å². The minimum Gasteiger partial charge on any atom is -0.548 e. The van der Waals surface area contributed by atoms with Crippen LogP contribution in [0.15, 0.2) is 0 Å². The topological polar surface area (TPSA) is 138 Å². The first-order valence-corrected chi connectivity index (χ1v) is 5.40. The third-order valence-electron chi connectivity index (χ3n) is 2.56. The average molecular weight is 394 g/mol. The van der Waals surface area contributed by atoms with Gasteiger partial charge in [-0.15, -0.1) is 0 Å². The fourth-order valence-corrected chi connectivity index (χ4v) is 1.58. The van der Waals surface area contributed by atoms with Gasteiger partial charge in [-0.05, 0) is 12.8 Å². The first-order valence-electron chi connectivity index (χ1n) is 5.40. The Morgan fingerprint density at radius 1 is 0.895 bits per heavy atom. The van der Waals surface area contributed by atoms with Crippen LogP contribution in [-0.2, 0) is 19.2 Å². The monoisotopic (exact) mass is 394 g/mol. The van der Waals surface area contributed by atoms with E-state index in [1.807, 2.05) is 0 Å². The molecule has 9 heteroatoms. The van der Waals surface area contributed by atoms with Gasteiger partial charge in [0.15, 0.2) is 0 Å². The van der Waals surface area contributed by atoms with Crippen molar-refractivity contribution in [1.82, 2.24) is 10.6 Å². The first kappa shape index (κ1) is 18.5. The van der Waals surface area contributed by atoms with Crippen molar-refractivity contribution in [3.05, 3.63) is 0 Å². The van der Waals surface area contributed by atoms with E-state index in [4.69, 9.17) is 0 Å². The molecule has 0 radical (unpaired) electrons. The van der Waals surface area contributed by atoms with Gasteiger partial charge in [0, 0.05) is 12.8 Å². The second-order valence-electron chi connectivity index (χ2n) is 3.96. The molecule has 0 bridgehead atoms. The maximum absolute atomic E-state index is 10.4. The maximum Gasteiger partial charge on any atom is 2.00 e. The van der Waals surface area contributed by atoms with Crippen LogP contribution in [0.4, 0.5) is 0 Å². The summed E-state index contributed by atoms with van der Waals surface area (Å²) >= 11 is 0. The number of carbonyl (C=O) groups is 4. The largest absolute Gasteiger partial charge is 2.00 e. The Bertz CT molecular complexity index is 350. The molecule has 2 aliphatic rings. The van der Waals surface area contributed by atoms with E-state index in [1.165, 1.54) is 0 Å². The summed E-state index contributed by atoms with van der Waals surface area (Å²) in [5.74, 6) is -2.80. The van der Waals surface area contributed by atoms with Gasteiger partial charge in [-0.25, -0.2) is 0 Å². The summed E-state index contributed by atoms with van der Waals surface area (Å²) in [5, 5.41) is 24.5. The van der Waals surface area contributed by atoms with Crippen LogP contribution in [-0.4, -0.2) is 84.7 Å². The summed E-state index contributed by atoms with van der Waals surface area (Å²) in [6, 6.07) is -1.50. The third-order valence-corrected chi connectivity index (χ3v) is 2.56. The molecule has 19 heavy (non-hydrogen) atoms. The van der Waals surface area contributed by atoms with Gasteiger partial charge in [-0.1, -0.05) is 0 Å². The standard InChI is InChI=1S/2C5H7NO3.Ba/c2*7-4-2-1-3(6-4)5(8)9;/h2*3H,1-2H2,(H,6,7)(H,8,9);/q;;+2/p-2. The van der Waals surface area contributed by atoms with Crippen molar-refractivity contribution in [1.29, 1.82) is 0 Å². The van der Waals surface area contributed by atoms with Gasteiger partial charge >= 0.3 is 48.9 Å². The van der Waals surface area contributed by atoms with Gasteiger partial charge in [-0.2, -0.15) is 0 Å². The van der Waals surface area contributed by atoms with E-state index in [-0.39, 0.29) is 60.7 Å². The predicted octanol–water partition coefficient (Wildman–Crippen LogP) is -4.35. The van der Waals surface area contributed by atoms with Crippen molar-refractivity contribution < 1.29 is 29.4 Å². The van der Waals surface area contributed by atoms with Gasteiger partial charge in [-0.3, -0.25) is 9.59 Å². The van der Waals surface area contributed by atoms with Crippen molar-refractivity contribution in [2.45, 2.75) is 37.8 Å². The van der Waals surface area contributed by atoms with E-state index in [0.717, 1.165) is 0 Å². The first-order chi connectivity index (χ1) is 8.40. The molecule has 2 rings (SSSR count). The van der Waals surface area contributed by atoms with Crippen LogP contribution in [0, 0.1) is 0 Å². The number of carboxylic acid groups (broad SMARTS) is 2.